The summed E-state index contributed by atoms with van der Waals surface area (Å²) in [7, 11) is 0. The van der Waals surface area contributed by atoms with Crippen molar-refractivity contribution in [3.05, 3.63) is 170 Å². The summed E-state index contributed by atoms with van der Waals surface area (Å²) in [4.78, 5) is 0. The van der Waals surface area contributed by atoms with Crippen LogP contribution in [-0.4, -0.2) is 0 Å². The van der Waals surface area contributed by atoms with Gasteiger partial charge >= 0.3 is 0 Å². The van der Waals surface area contributed by atoms with Gasteiger partial charge in [0.2, 0.25) is 0 Å². The van der Waals surface area contributed by atoms with E-state index in [2.05, 4.69) is 170 Å². The Kier molecular flexibility index (Phi) is 5.90. The maximum absolute atomic E-state index is 2.40. The van der Waals surface area contributed by atoms with Gasteiger partial charge in [-0.2, -0.15) is 0 Å². The monoisotopic (exact) mass is 532 g/mol. The molecule has 0 fully saturated rings. The molecule has 0 aliphatic heterocycles. The smallest absolute Gasteiger partial charge is 0.00199 e. The molecule has 8 aromatic carbocycles. The van der Waals surface area contributed by atoms with Crippen molar-refractivity contribution in [1.29, 1.82) is 0 Å². The molecule has 0 aliphatic carbocycles. The fraction of sp³-hybridized carbons (Fsp3) is 0. The van der Waals surface area contributed by atoms with Crippen LogP contribution < -0.4 is 0 Å². The average Bonchev–Trinajstić information content (AvgIpc) is 3.07. The molecule has 0 saturated carbocycles. The van der Waals surface area contributed by atoms with E-state index >= 15 is 0 Å². The number of benzene rings is 8. The lowest BCUT2D eigenvalue weighted by Crippen LogP contribution is -1.94. The molecule has 8 rings (SSSR count). The molecular weight excluding hydrogens is 504 g/mol. The Morgan fingerprint density at radius 3 is 1.33 bits per heavy atom. The normalized spacial score (nSPS) is 11.3. The molecule has 196 valence electrons. The Morgan fingerprint density at radius 2 is 0.714 bits per heavy atom. The lowest BCUT2D eigenvalue weighted by Gasteiger charge is -2.21. The van der Waals surface area contributed by atoms with E-state index in [0.29, 0.717) is 0 Å². The van der Waals surface area contributed by atoms with Gasteiger partial charge < -0.3 is 0 Å². The highest BCUT2D eigenvalue weighted by Crippen LogP contribution is 2.47. The highest BCUT2D eigenvalue weighted by molar-refractivity contribution is 6.24. The molecule has 0 radical (unpaired) electrons. The zero-order chi connectivity index (χ0) is 27.9. The minimum Gasteiger partial charge on any atom is -0.0622 e. The molecule has 0 heteroatoms. The molecular formula is C42H28. The summed E-state index contributed by atoms with van der Waals surface area (Å²) in [5.74, 6) is 0. The van der Waals surface area contributed by atoms with Gasteiger partial charge in [0.15, 0.2) is 0 Å². The number of hydrogen-bond donors (Lipinski definition) is 0. The summed E-state index contributed by atoms with van der Waals surface area (Å²) >= 11 is 0. The van der Waals surface area contributed by atoms with E-state index in [1.54, 1.807) is 0 Å². The predicted octanol–water partition coefficient (Wildman–Crippen LogP) is 11.8. The lowest BCUT2D eigenvalue weighted by atomic mass is 9.82. The molecule has 0 saturated heterocycles. The van der Waals surface area contributed by atoms with Crippen LogP contribution in [-0.2, 0) is 0 Å². The van der Waals surface area contributed by atoms with Crippen molar-refractivity contribution in [2.24, 2.45) is 0 Å². The summed E-state index contributed by atoms with van der Waals surface area (Å²) in [5.41, 5.74) is 9.96. The summed E-state index contributed by atoms with van der Waals surface area (Å²) < 4.78 is 0. The summed E-state index contributed by atoms with van der Waals surface area (Å²) in [6.45, 7) is 0. The second-order valence-electron chi connectivity index (χ2n) is 10.9. The van der Waals surface area contributed by atoms with Crippen molar-refractivity contribution in [3.63, 3.8) is 0 Å². The SMILES string of the molecule is c1ccc(-c2ccc(-c3c4ccccc4c(-c4ccccc4)c4cc5ccccc5cc34)c(-c3ccccc3)c2)cc1. The van der Waals surface area contributed by atoms with Crippen molar-refractivity contribution >= 4 is 32.3 Å². The van der Waals surface area contributed by atoms with Crippen LogP contribution in [0.3, 0.4) is 0 Å². The van der Waals surface area contributed by atoms with Crippen molar-refractivity contribution < 1.29 is 0 Å². The van der Waals surface area contributed by atoms with Crippen molar-refractivity contribution in [1.82, 2.24) is 0 Å². The molecule has 0 bridgehead atoms. The van der Waals surface area contributed by atoms with E-state index in [4.69, 9.17) is 0 Å². The second-order valence-corrected chi connectivity index (χ2v) is 10.9. The standard InChI is InChI=1S/C42H28/c1-4-14-29(15-5-1)34-24-25-37(38(26-34)30-16-6-2-7-17-30)42-36-23-13-12-22-35(36)41(31-18-8-3-9-19-31)39-27-32-20-10-11-21-33(32)28-40(39)42/h1-28H. The number of rotatable bonds is 4. The van der Waals surface area contributed by atoms with Crippen LogP contribution >= 0.6 is 0 Å². The molecule has 42 heavy (non-hydrogen) atoms. The van der Waals surface area contributed by atoms with E-state index in [0.717, 1.165) is 0 Å². The summed E-state index contributed by atoms with van der Waals surface area (Å²) in [6, 6.07) is 61.8. The van der Waals surface area contributed by atoms with Gasteiger partial charge in [0.1, 0.15) is 0 Å². The van der Waals surface area contributed by atoms with Gasteiger partial charge in [0, 0.05) is 0 Å². The van der Waals surface area contributed by atoms with Crippen LogP contribution in [0, 0.1) is 0 Å². The van der Waals surface area contributed by atoms with Gasteiger partial charge in [-0.15, -0.1) is 0 Å². The van der Waals surface area contributed by atoms with Gasteiger partial charge in [-0.3, -0.25) is 0 Å². The van der Waals surface area contributed by atoms with Crippen molar-refractivity contribution in [2.45, 2.75) is 0 Å². The summed E-state index contributed by atoms with van der Waals surface area (Å²) in [5, 5.41) is 7.60. The first-order valence-corrected chi connectivity index (χ1v) is 14.5. The fourth-order valence-corrected chi connectivity index (χ4v) is 6.50. The minimum absolute atomic E-state index is 1.22. The second kappa shape index (κ2) is 10.2. The summed E-state index contributed by atoms with van der Waals surface area (Å²) in [6.07, 6.45) is 0. The molecule has 0 atom stereocenters. The van der Waals surface area contributed by atoms with E-state index in [-0.39, 0.29) is 0 Å². The largest absolute Gasteiger partial charge is 0.0622 e. The van der Waals surface area contributed by atoms with Crippen molar-refractivity contribution in [3.8, 4) is 44.5 Å². The molecule has 0 N–H and O–H groups in total. The van der Waals surface area contributed by atoms with E-state index in [9.17, 15) is 0 Å². The first-order valence-electron chi connectivity index (χ1n) is 14.5. The molecule has 8 aromatic rings. The Bertz CT molecular complexity index is 2210. The van der Waals surface area contributed by atoms with Gasteiger partial charge in [-0.05, 0) is 95.0 Å². The molecule has 0 aromatic heterocycles. The lowest BCUT2D eigenvalue weighted by molar-refractivity contribution is 1.58. The minimum atomic E-state index is 1.22. The zero-order valence-corrected chi connectivity index (χ0v) is 23.2. The Morgan fingerprint density at radius 1 is 0.238 bits per heavy atom. The average molecular weight is 533 g/mol. The van der Waals surface area contributed by atoms with Crippen LogP contribution in [0.2, 0.25) is 0 Å². The maximum atomic E-state index is 2.40. The Balaban J connectivity index is 1.54. The van der Waals surface area contributed by atoms with Gasteiger partial charge in [-0.1, -0.05) is 152 Å². The topological polar surface area (TPSA) is 0 Å². The third-order valence-corrected chi connectivity index (χ3v) is 8.43. The van der Waals surface area contributed by atoms with Gasteiger partial charge in [0.25, 0.3) is 0 Å². The fourth-order valence-electron chi connectivity index (χ4n) is 6.50. The third kappa shape index (κ3) is 4.08. The highest BCUT2D eigenvalue weighted by atomic mass is 14.2. The van der Waals surface area contributed by atoms with Gasteiger partial charge in [0.05, 0.1) is 0 Å². The first kappa shape index (κ1) is 24.3. The highest BCUT2D eigenvalue weighted by Gasteiger charge is 2.20. The molecule has 0 spiro atoms. The predicted molar refractivity (Wildman–Crippen MR) is 181 cm³/mol. The quantitative estimate of drug-likeness (QED) is 0.198. The van der Waals surface area contributed by atoms with E-state index in [1.807, 2.05) is 0 Å². The van der Waals surface area contributed by atoms with Crippen LogP contribution in [0.5, 0.6) is 0 Å². The third-order valence-electron chi connectivity index (χ3n) is 8.43. The van der Waals surface area contributed by atoms with E-state index < -0.39 is 0 Å². The van der Waals surface area contributed by atoms with Crippen LogP contribution in [0.15, 0.2) is 170 Å². The molecule has 0 nitrogen and oxygen atoms in total. The maximum Gasteiger partial charge on any atom is -0.00199 e. The van der Waals surface area contributed by atoms with Gasteiger partial charge in [-0.25, -0.2) is 0 Å². The Hall–Kier alpha value is -5.46. The zero-order valence-electron chi connectivity index (χ0n) is 23.2. The van der Waals surface area contributed by atoms with Crippen LogP contribution in [0.4, 0.5) is 0 Å². The van der Waals surface area contributed by atoms with Crippen LogP contribution in [0.1, 0.15) is 0 Å². The molecule has 0 unspecified atom stereocenters. The van der Waals surface area contributed by atoms with Crippen molar-refractivity contribution in [2.75, 3.05) is 0 Å². The number of hydrogen-bond acceptors (Lipinski definition) is 0. The Labute approximate surface area is 246 Å². The molecule has 0 heterocycles. The molecule has 0 amide bonds. The van der Waals surface area contributed by atoms with Crippen LogP contribution in [0.25, 0.3) is 76.8 Å². The number of fused-ring (bicyclic) bond motifs is 3. The first-order chi connectivity index (χ1) is 20.8. The molecule has 0 aliphatic rings. The van der Waals surface area contributed by atoms with E-state index in [1.165, 1.54) is 76.8 Å².